The molecular weight excluding hydrogens is 282 g/mol. The Kier molecular flexibility index (Phi) is 3.60. The van der Waals surface area contributed by atoms with E-state index >= 15 is 0 Å². The first kappa shape index (κ1) is 14.2. The van der Waals surface area contributed by atoms with Crippen molar-refractivity contribution in [2.24, 2.45) is 0 Å². The number of nitrogens with one attached hydrogen (secondary N) is 1. The maximum Gasteiger partial charge on any atom is 0.339 e. The van der Waals surface area contributed by atoms with Crippen molar-refractivity contribution in [3.05, 3.63) is 41.7 Å². The molecule has 0 radical (unpaired) electrons. The molecule has 1 aromatic heterocycles. The summed E-state index contributed by atoms with van der Waals surface area (Å²) in [6, 6.07) is 5.97. The third-order valence-electron chi connectivity index (χ3n) is 2.81. The number of hydrogen-bond donors (Lipinski definition) is 2. The van der Waals surface area contributed by atoms with Gasteiger partial charge in [0.25, 0.3) is 0 Å². The van der Waals surface area contributed by atoms with Crippen LogP contribution in [0.3, 0.4) is 0 Å². The van der Waals surface area contributed by atoms with Gasteiger partial charge >= 0.3 is 5.97 Å². The quantitative estimate of drug-likeness (QED) is 0.868. The van der Waals surface area contributed by atoms with Crippen LogP contribution in [0.15, 0.2) is 35.4 Å². The van der Waals surface area contributed by atoms with E-state index in [1.165, 1.54) is 30.1 Å². The summed E-state index contributed by atoms with van der Waals surface area (Å²) in [6.07, 6.45) is 1.39. The summed E-state index contributed by atoms with van der Waals surface area (Å²) in [5.41, 5.74) is 1.08. The Bertz CT molecular complexity index is 748. The molecule has 8 heteroatoms. The molecule has 7 nitrogen and oxygen atoms in total. The summed E-state index contributed by atoms with van der Waals surface area (Å²) < 4.78 is 26.8. The standard InChI is InChI=1S/C12H13N3O4S/c1-8-11(12(16)17)7-15(14-8)9-3-5-10(6-4-9)20(18,19)13-2/h3-7,13H,1-2H3,(H,16,17). The lowest BCUT2D eigenvalue weighted by atomic mass is 10.3. The monoisotopic (exact) mass is 295 g/mol. The second-order valence-electron chi connectivity index (χ2n) is 4.08. The highest BCUT2D eigenvalue weighted by Crippen LogP contribution is 2.15. The summed E-state index contributed by atoms with van der Waals surface area (Å²) in [6.45, 7) is 1.60. The zero-order valence-electron chi connectivity index (χ0n) is 10.9. The first-order valence-corrected chi connectivity index (χ1v) is 7.17. The summed E-state index contributed by atoms with van der Waals surface area (Å²) in [5.74, 6) is -1.05. The lowest BCUT2D eigenvalue weighted by molar-refractivity contribution is 0.0696. The van der Waals surface area contributed by atoms with Gasteiger partial charge < -0.3 is 5.11 Å². The van der Waals surface area contributed by atoms with E-state index < -0.39 is 16.0 Å². The number of carboxylic acid groups (broad SMARTS) is 1. The minimum absolute atomic E-state index is 0.108. The van der Waals surface area contributed by atoms with Gasteiger partial charge in [0, 0.05) is 6.20 Å². The van der Waals surface area contributed by atoms with Crippen molar-refractivity contribution >= 4 is 16.0 Å². The fraction of sp³-hybridized carbons (Fsp3) is 0.167. The highest BCUT2D eigenvalue weighted by Gasteiger charge is 2.14. The molecule has 1 heterocycles. The van der Waals surface area contributed by atoms with E-state index in [0.29, 0.717) is 11.4 Å². The SMILES string of the molecule is CNS(=O)(=O)c1ccc(-n2cc(C(=O)O)c(C)n2)cc1. The molecule has 0 saturated heterocycles. The first-order chi connectivity index (χ1) is 9.35. The molecule has 2 aromatic rings. The average molecular weight is 295 g/mol. The molecule has 106 valence electrons. The molecule has 2 N–H and O–H groups in total. The van der Waals surface area contributed by atoms with Crippen molar-refractivity contribution < 1.29 is 18.3 Å². The Morgan fingerprint density at radius 1 is 1.30 bits per heavy atom. The predicted molar refractivity (Wildman–Crippen MR) is 71.5 cm³/mol. The van der Waals surface area contributed by atoms with Gasteiger partial charge in [0.2, 0.25) is 10.0 Å². The van der Waals surface area contributed by atoms with Crippen LogP contribution in [-0.4, -0.2) is 36.3 Å². The van der Waals surface area contributed by atoms with Crippen molar-refractivity contribution in [2.75, 3.05) is 7.05 Å². The molecule has 0 bridgehead atoms. The minimum atomic E-state index is -3.49. The smallest absolute Gasteiger partial charge is 0.339 e. The molecule has 0 saturated carbocycles. The molecule has 0 aliphatic rings. The van der Waals surface area contributed by atoms with Gasteiger partial charge in [-0.05, 0) is 38.2 Å². The largest absolute Gasteiger partial charge is 0.478 e. The van der Waals surface area contributed by atoms with Crippen LogP contribution >= 0.6 is 0 Å². The zero-order valence-corrected chi connectivity index (χ0v) is 11.7. The Morgan fingerprint density at radius 2 is 1.90 bits per heavy atom. The molecule has 0 spiro atoms. The Morgan fingerprint density at radius 3 is 2.35 bits per heavy atom. The molecule has 2 rings (SSSR count). The number of carbonyl (C=O) groups is 1. The van der Waals surface area contributed by atoms with Gasteiger partial charge in [-0.15, -0.1) is 0 Å². The maximum absolute atomic E-state index is 11.6. The second kappa shape index (κ2) is 5.06. The lowest BCUT2D eigenvalue weighted by Crippen LogP contribution is -2.18. The molecule has 0 aliphatic carbocycles. The molecule has 20 heavy (non-hydrogen) atoms. The zero-order chi connectivity index (χ0) is 14.9. The molecule has 1 aromatic carbocycles. The van der Waals surface area contributed by atoms with Crippen molar-refractivity contribution in [3.8, 4) is 5.69 Å². The summed E-state index contributed by atoms with van der Waals surface area (Å²) in [4.78, 5) is 11.1. The van der Waals surface area contributed by atoms with Crippen molar-refractivity contribution in [1.82, 2.24) is 14.5 Å². The minimum Gasteiger partial charge on any atom is -0.478 e. The molecule has 0 aliphatic heterocycles. The van der Waals surface area contributed by atoms with Crippen LogP contribution in [0.2, 0.25) is 0 Å². The van der Waals surface area contributed by atoms with Crippen LogP contribution < -0.4 is 4.72 Å². The lowest BCUT2D eigenvalue weighted by Gasteiger charge is -2.04. The van der Waals surface area contributed by atoms with E-state index in [2.05, 4.69) is 9.82 Å². The van der Waals surface area contributed by atoms with E-state index in [9.17, 15) is 13.2 Å². The van der Waals surface area contributed by atoms with Crippen LogP contribution in [0.1, 0.15) is 16.1 Å². The number of rotatable bonds is 4. The average Bonchev–Trinajstić information content (AvgIpc) is 2.81. The van der Waals surface area contributed by atoms with Crippen LogP contribution in [0.5, 0.6) is 0 Å². The molecule has 0 amide bonds. The van der Waals surface area contributed by atoms with Crippen molar-refractivity contribution in [3.63, 3.8) is 0 Å². The Balaban J connectivity index is 2.40. The van der Waals surface area contributed by atoms with E-state index in [-0.39, 0.29) is 10.5 Å². The van der Waals surface area contributed by atoms with Crippen molar-refractivity contribution in [2.45, 2.75) is 11.8 Å². The van der Waals surface area contributed by atoms with Gasteiger partial charge in [0.05, 0.1) is 16.3 Å². The number of carboxylic acids is 1. The summed E-state index contributed by atoms with van der Waals surface area (Å²) in [7, 11) is -2.15. The van der Waals surface area contributed by atoms with Gasteiger partial charge in [0.1, 0.15) is 5.56 Å². The number of aromatic nitrogens is 2. The number of sulfonamides is 1. The van der Waals surface area contributed by atoms with Gasteiger partial charge in [0.15, 0.2) is 0 Å². The normalized spacial score (nSPS) is 11.5. The van der Waals surface area contributed by atoms with Gasteiger partial charge in [-0.3, -0.25) is 0 Å². The van der Waals surface area contributed by atoms with Crippen molar-refractivity contribution in [1.29, 1.82) is 0 Å². The summed E-state index contributed by atoms with van der Waals surface area (Å²) >= 11 is 0. The van der Waals surface area contributed by atoms with Crippen LogP contribution in [0, 0.1) is 6.92 Å². The van der Waals surface area contributed by atoms with Gasteiger partial charge in [-0.2, -0.15) is 5.10 Å². The first-order valence-electron chi connectivity index (χ1n) is 5.68. The molecule has 0 unspecified atom stereocenters. The van der Waals surface area contributed by atoms with E-state index in [1.807, 2.05) is 0 Å². The highest BCUT2D eigenvalue weighted by molar-refractivity contribution is 7.89. The predicted octanol–water partition coefficient (Wildman–Crippen LogP) is 0.787. The Hall–Kier alpha value is -2.19. The second-order valence-corrected chi connectivity index (χ2v) is 5.97. The maximum atomic E-state index is 11.6. The third kappa shape index (κ3) is 2.56. The Labute approximate surface area is 115 Å². The van der Waals surface area contributed by atoms with Crippen LogP contribution in [0.4, 0.5) is 0 Å². The highest BCUT2D eigenvalue weighted by atomic mass is 32.2. The number of benzene rings is 1. The third-order valence-corrected chi connectivity index (χ3v) is 4.24. The number of hydrogen-bond acceptors (Lipinski definition) is 4. The van der Waals surface area contributed by atoms with Crippen LogP contribution in [0.25, 0.3) is 5.69 Å². The van der Waals surface area contributed by atoms with Gasteiger partial charge in [-0.1, -0.05) is 0 Å². The molecule has 0 atom stereocenters. The van der Waals surface area contributed by atoms with Gasteiger partial charge in [-0.25, -0.2) is 22.6 Å². The molecular formula is C12H13N3O4S. The van der Waals surface area contributed by atoms with E-state index in [4.69, 9.17) is 5.11 Å². The fourth-order valence-corrected chi connectivity index (χ4v) is 2.43. The number of aryl methyl sites for hydroxylation is 1. The number of nitrogens with zero attached hydrogens (tertiary/aromatic N) is 2. The topological polar surface area (TPSA) is 101 Å². The molecule has 0 fully saturated rings. The van der Waals surface area contributed by atoms with Crippen LogP contribution in [-0.2, 0) is 10.0 Å². The fourth-order valence-electron chi connectivity index (χ4n) is 1.70. The van der Waals surface area contributed by atoms with E-state index in [1.54, 1.807) is 19.1 Å². The van der Waals surface area contributed by atoms with E-state index in [0.717, 1.165) is 0 Å². The summed E-state index contributed by atoms with van der Waals surface area (Å²) in [5, 5.41) is 13.1. The number of aromatic carboxylic acids is 1.